The van der Waals surface area contributed by atoms with Crippen LogP contribution in [0.15, 0.2) is 12.1 Å². The van der Waals surface area contributed by atoms with Crippen LogP contribution in [-0.4, -0.2) is 16.8 Å². The Hall–Kier alpha value is -0.940. The molecule has 0 aromatic heterocycles. The minimum Gasteiger partial charge on any atom is -0.506 e. The van der Waals surface area contributed by atoms with Gasteiger partial charge in [-0.15, -0.1) is 0 Å². The molecule has 90 valence electrons. The molecule has 0 saturated heterocycles. The smallest absolute Gasteiger partial charge is 0.420 e. The van der Waals surface area contributed by atoms with Crippen LogP contribution in [0.2, 0.25) is 5.02 Å². The molecule has 0 aliphatic carbocycles. The fourth-order valence-electron chi connectivity index (χ4n) is 1.23. The predicted octanol–water partition coefficient (Wildman–Crippen LogP) is 3.16. The van der Waals surface area contributed by atoms with E-state index in [0.29, 0.717) is 0 Å². The van der Waals surface area contributed by atoms with Crippen LogP contribution in [0.3, 0.4) is 0 Å². The number of rotatable bonds is 2. The van der Waals surface area contributed by atoms with Crippen molar-refractivity contribution in [2.45, 2.75) is 19.0 Å². The number of aromatic hydroxyl groups is 1. The van der Waals surface area contributed by atoms with E-state index in [4.69, 9.17) is 16.7 Å². The minimum absolute atomic E-state index is 0.234. The second kappa shape index (κ2) is 4.51. The zero-order valence-electron chi connectivity index (χ0n) is 8.35. The summed E-state index contributed by atoms with van der Waals surface area (Å²) in [5, 5.41) is 17.7. The third-order valence-electron chi connectivity index (χ3n) is 2.23. The van der Waals surface area contributed by atoms with Gasteiger partial charge in [0, 0.05) is 12.5 Å². The molecule has 2 nitrogen and oxygen atoms in total. The van der Waals surface area contributed by atoms with Gasteiger partial charge < -0.3 is 10.2 Å². The van der Waals surface area contributed by atoms with Crippen LogP contribution in [0.4, 0.5) is 13.2 Å². The summed E-state index contributed by atoms with van der Waals surface area (Å²) < 4.78 is 37.5. The van der Waals surface area contributed by atoms with Gasteiger partial charge in [0.1, 0.15) is 5.75 Å². The highest BCUT2D eigenvalue weighted by Gasteiger charge is 2.35. The topological polar surface area (TPSA) is 40.5 Å². The molecule has 0 spiro atoms. The molecular formula is C10H10ClF3O2. The van der Waals surface area contributed by atoms with Gasteiger partial charge in [0.15, 0.2) is 0 Å². The molecule has 1 rings (SSSR count). The van der Waals surface area contributed by atoms with Crippen molar-refractivity contribution in [3.63, 3.8) is 0 Å². The summed E-state index contributed by atoms with van der Waals surface area (Å²) in [5.74, 6) is -1.46. The lowest BCUT2D eigenvalue weighted by Crippen LogP contribution is -2.08. The Balaban J connectivity index is 3.33. The van der Waals surface area contributed by atoms with Gasteiger partial charge in [0.2, 0.25) is 0 Å². The summed E-state index contributed by atoms with van der Waals surface area (Å²) in [6, 6.07) is 2.01. The van der Waals surface area contributed by atoms with E-state index < -0.39 is 23.4 Å². The molecule has 0 bridgehead atoms. The van der Waals surface area contributed by atoms with E-state index in [1.54, 1.807) is 6.92 Å². The fourth-order valence-corrected chi connectivity index (χ4v) is 1.45. The van der Waals surface area contributed by atoms with Crippen molar-refractivity contribution in [1.82, 2.24) is 0 Å². The Bertz CT molecular complexity index is 390. The van der Waals surface area contributed by atoms with Crippen molar-refractivity contribution in [1.29, 1.82) is 0 Å². The van der Waals surface area contributed by atoms with Crippen LogP contribution in [0, 0.1) is 0 Å². The van der Waals surface area contributed by atoms with Crippen molar-refractivity contribution >= 4 is 11.6 Å². The normalized spacial score (nSPS) is 13.9. The summed E-state index contributed by atoms with van der Waals surface area (Å²) in [4.78, 5) is 0. The molecule has 0 heterocycles. The Morgan fingerprint density at radius 3 is 2.38 bits per heavy atom. The van der Waals surface area contributed by atoms with Crippen molar-refractivity contribution in [2.75, 3.05) is 6.61 Å². The maximum atomic E-state index is 12.5. The van der Waals surface area contributed by atoms with Gasteiger partial charge in [-0.05, 0) is 17.7 Å². The molecule has 0 radical (unpaired) electrons. The molecule has 2 N–H and O–H groups in total. The van der Waals surface area contributed by atoms with Gasteiger partial charge in [-0.25, -0.2) is 0 Å². The second-order valence-corrected chi connectivity index (χ2v) is 3.89. The molecular weight excluding hydrogens is 245 g/mol. The van der Waals surface area contributed by atoms with E-state index in [0.717, 1.165) is 6.07 Å². The first-order valence-corrected chi connectivity index (χ1v) is 4.85. The van der Waals surface area contributed by atoms with Crippen LogP contribution in [0.25, 0.3) is 0 Å². The van der Waals surface area contributed by atoms with E-state index in [1.807, 2.05) is 0 Å². The SMILES string of the molecule is CC(CO)c1cc(Cl)c(O)c(C(F)(F)F)c1. The Morgan fingerprint density at radius 1 is 1.38 bits per heavy atom. The van der Waals surface area contributed by atoms with E-state index in [-0.39, 0.29) is 17.2 Å². The number of aliphatic hydroxyl groups excluding tert-OH is 1. The molecule has 1 atom stereocenters. The highest BCUT2D eigenvalue weighted by molar-refractivity contribution is 6.32. The zero-order chi connectivity index (χ0) is 12.5. The van der Waals surface area contributed by atoms with Crippen LogP contribution in [0.5, 0.6) is 5.75 Å². The number of hydrogen-bond acceptors (Lipinski definition) is 2. The molecule has 0 amide bonds. The monoisotopic (exact) mass is 254 g/mol. The molecule has 1 unspecified atom stereocenters. The highest BCUT2D eigenvalue weighted by Crippen LogP contribution is 2.41. The maximum absolute atomic E-state index is 12.5. The summed E-state index contributed by atoms with van der Waals surface area (Å²) in [6.07, 6.45) is -4.67. The highest BCUT2D eigenvalue weighted by atomic mass is 35.5. The molecule has 16 heavy (non-hydrogen) atoms. The van der Waals surface area contributed by atoms with Crippen molar-refractivity contribution in [2.24, 2.45) is 0 Å². The third kappa shape index (κ3) is 2.59. The fraction of sp³-hybridized carbons (Fsp3) is 0.400. The largest absolute Gasteiger partial charge is 0.506 e. The number of aliphatic hydroxyl groups is 1. The van der Waals surface area contributed by atoms with Gasteiger partial charge in [-0.2, -0.15) is 13.2 Å². The molecule has 0 aliphatic heterocycles. The van der Waals surface area contributed by atoms with Gasteiger partial charge in [-0.1, -0.05) is 18.5 Å². The summed E-state index contributed by atoms with van der Waals surface area (Å²) in [7, 11) is 0. The minimum atomic E-state index is -4.67. The lowest BCUT2D eigenvalue weighted by Gasteiger charge is -2.15. The van der Waals surface area contributed by atoms with Crippen molar-refractivity contribution in [3.05, 3.63) is 28.3 Å². The average Bonchev–Trinajstić information content (AvgIpc) is 2.18. The van der Waals surface area contributed by atoms with Gasteiger partial charge in [0.05, 0.1) is 10.6 Å². The number of phenols is 1. The van der Waals surface area contributed by atoms with E-state index in [2.05, 4.69) is 0 Å². The predicted molar refractivity (Wildman–Crippen MR) is 53.6 cm³/mol. The van der Waals surface area contributed by atoms with E-state index in [1.165, 1.54) is 6.07 Å². The van der Waals surface area contributed by atoms with E-state index >= 15 is 0 Å². The quantitative estimate of drug-likeness (QED) is 0.851. The lowest BCUT2D eigenvalue weighted by molar-refractivity contribution is -0.138. The van der Waals surface area contributed by atoms with Gasteiger partial charge in [0.25, 0.3) is 0 Å². The van der Waals surface area contributed by atoms with Crippen molar-refractivity contribution in [3.8, 4) is 5.75 Å². The first-order chi connectivity index (χ1) is 7.27. The number of benzene rings is 1. The number of hydrogen-bond donors (Lipinski definition) is 2. The Morgan fingerprint density at radius 2 is 1.94 bits per heavy atom. The average molecular weight is 255 g/mol. The number of halogens is 4. The van der Waals surface area contributed by atoms with Crippen LogP contribution < -0.4 is 0 Å². The standard InChI is InChI=1S/C10H10ClF3O2/c1-5(4-15)6-2-7(10(12,13)14)9(16)8(11)3-6/h2-3,5,15-16H,4H2,1H3. The Labute approximate surface area is 95.3 Å². The van der Waals surface area contributed by atoms with Crippen molar-refractivity contribution < 1.29 is 23.4 Å². The number of phenolic OH excluding ortho intramolecular Hbond substituents is 1. The van der Waals surface area contributed by atoms with Crippen LogP contribution >= 0.6 is 11.6 Å². The van der Waals surface area contributed by atoms with Gasteiger partial charge in [-0.3, -0.25) is 0 Å². The molecule has 6 heteroatoms. The molecule has 0 fully saturated rings. The van der Waals surface area contributed by atoms with E-state index in [9.17, 15) is 18.3 Å². The number of alkyl halides is 3. The molecule has 1 aromatic carbocycles. The van der Waals surface area contributed by atoms with Crippen LogP contribution in [-0.2, 0) is 6.18 Å². The Kier molecular flexibility index (Phi) is 3.70. The molecule has 0 aliphatic rings. The molecule has 0 saturated carbocycles. The molecule has 1 aromatic rings. The lowest BCUT2D eigenvalue weighted by atomic mass is 9.99. The third-order valence-corrected chi connectivity index (χ3v) is 2.52. The zero-order valence-corrected chi connectivity index (χ0v) is 9.10. The van der Waals surface area contributed by atoms with Gasteiger partial charge >= 0.3 is 6.18 Å². The first kappa shape index (κ1) is 13.1. The first-order valence-electron chi connectivity index (χ1n) is 4.47. The van der Waals surface area contributed by atoms with Crippen LogP contribution in [0.1, 0.15) is 24.0 Å². The summed E-state index contributed by atoms with van der Waals surface area (Å²) in [5.41, 5.74) is -0.951. The summed E-state index contributed by atoms with van der Waals surface area (Å²) in [6.45, 7) is 1.27. The maximum Gasteiger partial charge on any atom is 0.420 e. The summed E-state index contributed by atoms with van der Waals surface area (Å²) >= 11 is 5.49. The second-order valence-electron chi connectivity index (χ2n) is 3.48.